The number of nitrogens with zero attached hydrogens (tertiary/aromatic N) is 1. The normalized spacial score (nSPS) is 14.3. The number of ketones is 1. The molecule has 0 aromatic heterocycles. The number of para-hydroxylation sites is 1. The van der Waals surface area contributed by atoms with Crippen molar-refractivity contribution in [2.45, 2.75) is 24.7 Å². The van der Waals surface area contributed by atoms with Gasteiger partial charge in [-0.3, -0.25) is 4.79 Å². The van der Waals surface area contributed by atoms with Gasteiger partial charge in [0.25, 0.3) is 0 Å². The highest BCUT2D eigenvalue weighted by Crippen LogP contribution is 2.63. The molecule has 10 rings (SSSR count). The fraction of sp³-hybridized carbons (Fsp3) is 0.0755. The third kappa shape index (κ3) is 4.91. The molecule has 0 N–H and O–H groups in total. The van der Waals surface area contributed by atoms with Crippen LogP contribution < -0.4 is 4.90 Å². The molecule has 55 heavy (non-hydrogen) atoms. The summed E-state index contributed by atoms with van der Waals surface area (Å²) in [4.78, 5) is 16.6. The zero-order valence-electron chi connectivity index (χ0n) is 30.9. The molecule has 8 aromatic carbocycles. The highest BCUT2D eigenvalue weighted by molar-refractivity contribution is 6.10. The zero-order chi connectivity index (χ0) is 37.1. The largest absolute Gasteiger partial charge is 0.310 e. The fourth-order valence-corrected chi connectivity index (χ4v) is 9.50. The van der Waals surface area contributed by atoms with Crippen LogP contribution in [-0.4, -0.2) is 5.78 Å². The average Bonchev–Trinajstić information content (AvgIpc) is 3.49. The molecule has 0 saturated carbocycles. The molecule has 0 unspecified atom stereocenters. The Kier molecular flexibility index (Phi) is 7.57. The number of carbonyl (C=O) groups excluding carboxylic acids is 1. The molecule has 0 spiro atoms. The molecule has 0 bridgehead atoms. The monoisotopic (exact) mass is 705 g/mol. The van der Waals surface area contributed by atoms with E-state index in [-0.39, 0.29) is 11.2 Å². The van der Waals surface area contributed by atoms with Crippen LogP contribution in [0.2, 0.25) is 0 Å². The van der Waals surface area contributed by atoms with E-state index in [4.69, 9.17) is 0 Å². The van der Waals surface area contributed by atoms with Crippen molar-refractivity contribution >= 4 is 22.8 Å². The highest BCUT2D eigenvalue weighted by Gasteiger charge is 2.51. The third-order valence-electron chi connectivity index (χ3n) is 11.9. The molecule has 0 radical (unpaired) electrons. The van der Waals surface area contributed by atoms with Crippen LogP contribution in [0.1, 0.15) is 63.1 Å². The van der Waals surface area contributed by atoms with Crippen molar-refractivity contribution in [2.24, 2.45) is 0 Å². The smallest absolute Gasteiger partial charge is 0.193 e. The maximum Gasteiger partial charge on any atom is 0.193 e. The standard InChI is InChI=1S/C53H39NO/c1-52(2)45-26-13-12-25-43(45)44-33-34-48-50(49(44)52)53(40-20-8-4-9-21-40,41-22-10-5-11-23-41)46-27-14-15-28-47(46)54(48)42-24-16-19-39(35-42)51(55)38-31-29-37(30-32-38)36-17-6-3-7-18-36/h3-35H,1-2H3. The van der Waals surface area contributed by atoms with Gasteiger partial charge in [0.1, 0.15) is 0 Å². The molecule has 0 amide bonds. The van der Waals surface area contributed by atoms with Crippen molar-refractivity contribution in [1.29, 1.82) is 0 Å². The van der Waals surface area contributed by atoms with Gasteiger partial charge in [0, 0.05) is 27.8 Å². The van der Waals surface area contributed by atoms with Crippen LogP contribution in [0.15, 0.2) is 200 Å². The van der Waals surface area contributed by atoms with E-state index < -0.39 is 5.41 Å². The quantitative estimate of drug-likeness (QED) is 0.161. The molecule has 262 valence electrons. The summed E-state index contributed by atoms with van der Waals surface area (Å²) in [7, 11) is 0. The van der Waals surface area contributed by atoms with Gasteiger partial charge in [-0.05, 0) is 74.3 Å². The number of rotatable bonds is 6. The molecule has 2 heteroatoms. The molecule has 1 aliphatic heterocycles. The van der Waals surface area contributed by atoms with E-state index >= 15 is 0 Å². The van der Waals surface area contributed by atoms with Crippen LogP contribution in [0.4, 0.5) is 17.1 Å². The Labute approximate surface area is 323 Å². The first-order valence-electron chi connectivity index (χ1n) is 19.1. The predicted molar refractivity (Wildman–Crippen MR) is 226 cm³/mol. The zero-order valence-corrected chi connectivity index (χ0v) is 30.9. The van der Waals surface area contributed by atoms with Crippen LogP contribution in [0.5, 0.6) is 0 Å². The van der Waals surface area contributed by atoms with E-state index in [1.165, 1.54) is 44.5 Å². The Morgan fingerprint density at radius 3 is 1.71 bits per heavy atom. The Morgan fingerprint density at radius 2 is 1.02 bits per heavy atom. The summed E-state index contributed by atoms with van der Waals surface area (Å²) in [5, 5.41) is 0. The van der Waals surface area contributed by atoms with E-state index in [0.29, 0.717) is 11.1 Å². The topological polar surface area (TPSA) is 20.3 Å². The molecule has 2 nitrogen and oxygen atoms in total. The summed E-state index contributed by atoms with van der Waals surface area (Å²) >= 11 is 0. The number of hydrogen-bond donors (Lipinski definition) is 0. The van der Waals surface area contributed by atoms with Gasteiger partial charge in [-0.1, -0.05) is 190 Å². The number of benzene rings is 8. The van der Waals surface area contributed by atoms with E-state index in [9.17, 15) is 4.79 Å². The van der Waals surface area contributed by atoms with Gasteiger partial charge in [-0.25, -0.2) is 0 Å². The minimum absolute atomic E-state index is 0.000402. The molecule has 0 saturated heterocycles. The van der Waals surface area contributed by atoms with Crippen molar-refractivity contribution in [3.63, 3.8) is 0 Å². The van der Waals surface area contributed by atoms with Crippen molar-refractivity contribution in [2.75, 3.05) is 4.90 Å². The summed E-state index contributed by atoms with van der Waals surface area (Å²) in [5.41, 5.74) is 15.9. The maximum absolute atomic E-state index is 14.2. The highest BCUT2D eigenvalue weighted by atomic mass is 16.1. The molecule has 1 heterocycles. The number of fused-ring (bicyclic) bond motifs is 6. The number of carbonyl (C=O) groups is 1. The Bertz CT molecular complexity index is 2690. The van der Waals surface area contributed by atoms with Gasteiger partial charge in [-0.15, -0.1) is 0 Å². The Hall–Kier alpha value is -6.77. The lowest BCUT2D eigenvalue weighted by molar-refractivity contribution is 0.103. The summed E-state index contributed by atoms with van der Waals surface area (Å²) in [6.07, 6.45) is 0. The van der Waals surface area contributed by atoms with E-state index in [1.54, 1.807) is 0 Å². The van der Waals surface area contributed by atoms with Crippen LogP contribution in [0.3, 0.4) is 0 Å². The first-order chi connectivity index (χ1) is 27.0. The van der Waals surface area contributed by atoms with Crippen LogP contribution in [-0.2, 0) is 10.8 Å². The van der Waals surface area contributed by atoms with Crippen LogP contribution in [0, 0.1) is 0 Å². The predicted octanol–water partition coefficient (Wildman–Crippen LogP) is 13.1. The molecule has 2 aliphatic rings. The molecular weight excluding hydrogens is 667 g/mol. The van der Waals surface area contributed by atoms with Crippen LogP contribution >= 0.6 is 0 Å². The van der Waals surface area contributed by atoms with Gasteiger partial charge in [0.05, 0.1) is 16.8 Å². The second kappa shape index (κ2) is 12.7. The van der Waals surface area contributed by atoms with Gasteiger partial charge in [0.2, 0.25) is 0 Å². The van der Waals surface area contributed by atoms with Gasteiger partial charge in [-0.2, -0.15) is 0 Å². The Balaban J connectivity index is 1.22. The third-order valence-corrected chi connectivity index (χ3v) is 11.9. The second-order valence-corrected chi connectivity index (χ2v) is 15.2. The minimum atomic E-state index is -0.635. The summed E-state index contributed by atoms with van der Waals surface area (Å²) in [6.45, 7) is 4.76. The summed E-state index contributed by atoms with van der Waals surface area (Å²) in [5.74, 6) is 0.000402. The summed E-state index contributed by atoms with van der Waals surface area (Å²) < 4.78 is 0. The van der Waals surface area contributed by atoms with E-state index in [0.717, 1.165) is 28.2 Å². The van der Waals surface area contributed by atoms with E-state index in [2.05, 4.69) is 164 Å². The second-order valence-electron chi connectivity index (χ2n) is 15.2. The average molecular weight is 706 g/mol. The summed E-state index contributed by atoms with van der Waals surface area (Å²) in [6, 6.07) is 70.8. The first kappa shape index (κ1) is 32.8. The van der Waals surface area contributed by atoms with Crippen molar-refractivity contribution in [1.82, 2.24) is 0 Å². The molecular formula is C53H39NO. The first-order valence-corrected chi connectivity index (χ1v) is 19.1. The van der Waals surface area contributed by atoms with E-state index in [1.807, 2.05) is 54.6 Å². The van der Waals surface area contributed by atoms with Crippen molar-refractivity contribution in [3.8, 4) is 22.3 Å². The maximum atomic E-state index is 14.2. The lowest BCUT2D eigenvalue weighted by Gasteiger charge is -2.48. The molecule has 0 fully saturated rings. The lowest BCUT2D eigenvalue weighted by atomic mass is 9.59. The van der Waals surface area contributed by atoms with Crippen LogP contribution in [0.25, 0.3) is 22.3 Å². The van der Waals surface area contributed by atoms with Crippen molar-refractivity contribution in [3.05, 3.63) is 245 Å². The SMILES string of the molecule is CC1(C)c2ccccc2-c2ccc3c(c21)C(c1ccccc1)(c1ccccc1)c1ccccc1N3c1cccc(C(=O)c2ccc(-c3ccccc3)cc2)c1. The molecule has 0 atom stereocenters. The fourth-order valence-electron chi connectivity index (χ4n) is 9.50. The van der Waals surface area contributed by atoms with Gasteiger partial charge < -0.3 is 4.90 Å². The van der Waals surface area contributed by atoms with Gasteiger partial charge >= 0.3 is 0 Å². The molecule has 1 aliphatic carbocycles. The lowest BCUT2D eigenvalue weighted by Crippen LogP contribution is -2.40. The van der Waals surface area contributed by atoms with Crippen molar-refractivity contribution < 1.29 is 4.79 Å². The minimum Gasteiger partial charge on any atom is -0.310 e. The number of anilines is 3. The van der Waals surface area contributed by atoms with Gasteiger partial charge in [0.15, 0.2) is 5.78 Å². The number of hydrogen-bond acceptors (Lipinski definition) is 2. The molecule has 8 aromatic rings. The Morgan fingerprint density at radius 1 is 0.436 bits per heavy atom.